The van der Waals surface area contributed by atoms with Crippen molar-refractivity contribution >= 4 is 5.69 Å². The lowest BCUT2D eigenvalue weighted by molar-refractivity contribution is -0.385. The third-order valence-corrected chi connectivity index (χ3v) is 5.38. The summed E-state index contributed by atoms with van der Waals surface area (Å²) in [7, 11) is 0. The molecule has 0 aliphatic carbocycles. The van der Waals surface area contributed by atoms with Crippen LogP contribution in [0.15, 0.2) is 75.1 Å². The summed E-state index contributed by atoms with van der Waals surface area (Å²) >= 11 is 0. The van der Waals surface area contributed by atoms with Crippen LogP contribution < -0.4 is 9.47 Å². The van der Waals surface area contributed by atoms with Gasteiger partial charge in [0.2, 0.25) is 0 Å². The summed E-state index contributed by atoms with van der Waals surface area (Å²) in [5.41, 5.74) is 37.9. The number of non-ortho nitro benzene ring substituents is 1. The van der Waals surface area contributed by atoms with E-state index in [1.807, 2.05) is 0 Å². The van der Waals surface area contributed by atoms with Gasteiger partial charge in [0.15, 0.2) is 0 Å². The highest BCUT2D eigenvalue weighted by atomic mass is 16.6. The maximum atomic E-state index is 11.6. The average Bonchev–Trinajstić information content (AvgIpc) is 2.98. The van der Waals surface area contributed by atoms with Crippen LogP contribution in [0.4, 0.5) is 5.69 Å². The highest BCUT2D eigenvalue weighted by molar-refractivity contribution is 5.41. The smallest absolute Gasteiger partial charge is 0.270 e. The molecule has 0 spiro atoms. The fraction of sp³-hybridized carbons (Fsp3) is 0.250. The highest BCUT2D eigenvalue weighted by Crippen LogP contribution is 2.25. The van der Waals surface area contributed by atoms with Crippen LogP contribution in [0, 0.1) is 10.1 Å². The Balaban J connectivity index is 1.82. The molecule has 0 aliphatic rings. The molecule has 0 heterocycles. The lowest BCUT2D eigenvalue weighted by Crippen LogP contribution is -2.03. The van der Waals surface area contributed by atoms with Gasteiger partial charge in [0, 0.05) is 31.8 Å². The molecule has 3 aromatic carbocycles. The predicted molar refractivity (Wildman–Crippen MR) is 146 cm³/mol. The summed E-state index contributed by atoms with van der Waals surface area (Å²) < 4.78 is 11.8. The van der Waals surface area contributed by atoms with E-state index < -0.39 is 4.92 Å². The molecule has 17 nitrogen and oxygen atoms in total. The first kappa shape index (κ1) is 29.5. The molecule has 0 saturated carbocycles. The van der Waals surface area contributed by atoms with Gasteiger partial charge in [-0.15, -0.1) is 0 Å². The lowest BCUT2D eigenvalue weighted by Gasteiger charge is -2.12. The predicted octanol–water partition coefficient (Wildman–Crippen LogP) is 7.99. The number of azide groups is 4. The van der Waals surface area contributed by atoms with Gasteiger partial charge in [0.25, 0.3) is 5.69 Å². The van der Waals surface area contributed by atoms with Gasteiger partial charge in [-0.1, -0.05) is 32.6 Å². The van der Waals surface area contributed by atoms with Crippen molar-refractivity contribution in [1.29, 1.82) is 0 Å². The van der Waals surface area contributed by atoms with Crippen LogP contribution in [0.3, 0.4) is 0 Å². The second-order valence-electron chi connectivity index (χ2n) is 8.37. The van der Waals surface area contributed by atoms with Crippen LogP contribution in [-0.2, 0) is 39.4 Å². The largest absolute Gasteiger partial charge is 0.489 e. The molecule has 0 unspecified atom stereocenters. The lowest BCUT2D eigenvalue weighted by atomic mass is 10.1. The standard InChI is InChI=1S/C24H21N13O4/c25-33-29-10-16-1-17(11-30-34-26)7-23(6-16)40-14-20-3-21(5-22(4-20)37(38)39)15-41-24-8-18(12-31-35-27)2-19(9-24)13-32-36-28/h1-9H,10-15H2. The Morgan fingerprint density at radius 2 is 0.878 bits per heavy atom. The third kappa shape index (κ3) is 9.61. The van der Waals surface area contributed by atoms with Crippen molar-refractivity contribution in [2.75, 3.05) is 0 Å². The van der Waals surface area contributed by atoms with Crippen molar-refractivity contribution in [2.45, 2.75) is 39.4 Å². The van der Waals surface area contributed by atoms with Crippen LogP contribution in [0.5, 0.6) is 11.5 Å². The summed E-state index contributed by atoms with van der Waals surface area (Å²) in [5, 5.41) is 25.8. The first-order chi connectivity index (χ1) is 19.9. The SMILES string of the molecule is [N-]=[N+]=NCc1cc(CN=[N+]=[N-])cc(OCc2cc(COc3cc(CN=[N+]=[N-])cc(CN=[N+]=[N-])c3)cc([N+](=O)[O-])c2)c1. The summed E-state index contributed by atoms with van der Waals surface area (Å²) in [6, 6.07) is 14.5. The van der Waals surface area contributed by atoms with Gasteiger partial charge in [0.1, 0.15) is 24.7 Å². The first-order valence-corrected chi connectivity index (χ1v) is 11.8. The van der Waals surface area contributed by atoms with Crippen molar-refractivity contribution < 1.29 is 14.4 Å². The van der Waals surface area contributed by atoms with E-state index in [-0.39, 0.29) is 45.1 Å². The van der Waals surface area contributed by atoms with E-state index in [1.165, 1.54) is 12.1 Å². The zero-order chi connectivity index (χ0) is 29.5. The topological polar surface area (TPSA) is 257 Å². The van der Waals surface area contributed by atoms with E-state index in [9.17, 15) is 10.1 Å². The van der Waals surface area contributed by atoms with Crippen LogP contribution in [0.2, 0.25) is 0 Å². The van der Waals surface area contributed by atoms with E-state index in [4.69, 9.17) is 31.6 Å². The van der Waals surface area contributed by atoms with Gasteiger partial charge < -0.3 is 9.47 Å². The number of benzene rings is 3. The van der Waals surface area contributed by atoms with Crippen LogP contribution in [-0.4, -0.2) is 4.92 Å². The van der Waals surface area contributed by atoms with E-state index in [0.29, 0.717) is 44.9 Å². The molecule has 0 bridgehead atoms. The van der Waals surface area contributed by atoms with Crippen molar-refractivity contribution in [3.63, 3.8) is 0 Å². The van der Waals surface area contributed by atoms with Crippen LogP contribution >= 0.6 is 0 Å². The highest BCUT2D eigenvalue weighted by Gasteiger charge is 2.12. The van der Waals surface area contributed by atoms with Crippen molar-refractivity contribution in [1.82, 2.24) is 0 Å². The zero-order valence-electron chi connectivity index (χ0n) is 21.4. The Labute approximate surface area is 231 Å². The molecule has 17 heteroatoms. The molecule has 0 aromatic heterocycles. The van der Waals surface area contributed by atoms with Gasteiger partial charge in [-0.05, 0) is 85.8 Å². The third-order valence-electron chi connectivity index (χ3n) is 5.38. The van der Waals surface area contributed by atoms with Gasteiger partial charge in [-0.25, -0.2) is 0 Å². The number of rotatable bonds is 15. The number of ether oxygens (including phenoxy) is 2. The second-order valence-corrected chi connectivity index (χ2v) is 8.37. The van der Waals surface area contributed by atoms with Gasteiger partial charge >= 0.3 is 0 Å². The summed E-state index contributed by atoms with van der Waals surface area (Å²) in [6.45, 7) is 0.179. The van der Waals surface area contributed by atoms with E-state index in [1.54, 1.807) is 42.5 Å². The van der Waals surface area contributed by atoms with Gasteiger partial charge in [-0.2, -0.15) is 0 Å². The fourth-order valence-electron chi connectivity index (χ4n) is 3.79. The van der Waals surface area contributed by atoms with Crippen molar-refractivity contribution in [3.05, 3.63) is 140 Å². The Kier molecular flexibility index (Phi) is 11.0. The first-order valence-electron chi connectivity index (χ1n) is 11.8. The molecule has 41 heavy (non-hydrogen) atoms. The van der Waals surface area contributed by atoms with Crippen LogP contribution in [0.1, 0.15) is 33.4 Å². The van der Waals surface area contributed by atoms with Gasteiger partial charge in [-0.3, -0.25) is 10.1 Å². The quantitative estimate of drug-likeness (QED) is 0.0592. The normalized spacial score (nSPS) is 9.76. The molecule has 0 radical (unpaired) electrons. The molecular formula is C24H21N13O4. The molecule has 3 aromatic rings. The monoisotopic (exact) mass is 555 g/mol. The Morgan fingerprint density at radius 1 is 0.561 bits per heavy atom. The van der Waals surface area contributed by atoms with E-state index in [0.717, 1.165) is 0 Å². The zero-order valence-corrected chi connectivity index (χ0v) is 21.4. The Hall–Kier alpha value is -6.10. The number of nitrogens with zero attached hydrogens (tertiary/aromatic N) is 13. The van der Waals surface area contributed by atoms with E-state index in [2.05, 4.69) is 40.1 Å². The molecule has 0 saturated heterocycles. The Morgan fingerprint density at radius 3 is 1.17 bits per heavy atom. The number of nitro groups is 1. The van der Waals surface area contributed by atoms with Crippen LogP contribution in [0.25, 0.3) is 41.8 Å². The average molecular weight is 556 g/mol. The molecule has 0 N–H and O–H groups in total. The molecule has 0 atom stereocenters. The molecule has 3 rings (SSSR count). The molecule has 0 aliphatic heterocycles. The summed E-state index contributed by atoms with van der Waals surface area (Å²) in [4.78, 5) is 22.1. The minimum Gasteiger partial charge on any atom is -0.489 e. The number of nitro benzene ring substituents is 1. The minimum atomic E-state index is -0.524. The maximum absolute atomic E-state index is 11.6. The molecule has 206 valence electrons. The molecular weight excluding hydrogens is 534 g/mol. The van der Waals surface area contributed by atoms with Crippen molar-refractivity contribution in [2.24, 2.45) is 20.5 Å². The number of hydrogen-bond acceptors (Lipinski definition) is 8. The summed E-state index contributed by atoms with van der Waals surface area (Å²) in [5.74, 6) is 0.792. The summed E-state index contributed by atoms with van der Waals surface area (Å²) in [6.07, 6.45) is 0. The fourth-order valence-corrected chi connectivity index (χ4v) is 3.79. The second kappa shape index (κ2) is 15.3. The van der Waals surface area contributed by atoms with Gasteiger partial charge in [0.05, 0.1) is 31.1 Å². The van der Waals surface area contributed by atoms with Crippen molar-refractivity contribution in [3.8, 4) is 11.5 Å². The van der Waals surface area contributed by atoms with E-state index >= 15 is 0 Å². The molecule has 0 amide bonds. The minimum absolute atomic E-state index is 0.0292. The number of hydrogen-bond donors (Lipinski definition) is 0. The Bertz CT molecular complexity index is 1430. The molecule has 0 fully saturated rings. The maximum Gasteiger partial charge on any atom is 0.270 e.